The largest absolute Gasteiger partial charge is 0.325 e. The molecule has 0 aliphatic heterocycles. The van der Waals surface area contributed by atoms with Gasteiger partial charge in [0.25, 0.3) is 0 Å². The summed E-state index contributed by atoms with van der Waals surface area (Å²) in [6.07, 6.45) is 1.63. The van der Waals surface area contributed by atoms with Crippen LogP contribution in [0.3, 0.4) is 0 Å². The van der Waals surface area contributed by atoms with Crippen LogP contribution in [0, 0.1) is 6.92 Å². The number of carbonyl (C=O) groups excluding carboxylic acids is 2. The molecule has 0 bridgehead atoms. The van der Waals surface area contributed by atoms with E-state index in [2.05, 4.69) is 15.5 Å². The van der Waals surface area contributed by atoms with E-state index in [4.69, 9.17) is 0 Å². The first-order chi connectivity index (χ1) is 12.5. The number of ketones is 1. The molecule has 6 nitrogen and oxygen atoms in total. The highest BCUT2D eigenvalue weighted by molar-refractivity contribution is 7.99. The summed E-state index contributed by atoms with van der Waals surface area (Å²) in [5.41, 5.74) is 3.39. The van der Waals surface area contributed by atoms with Crippen LogP contribution in [-0.4, -0.2) is 32.2 Å². The second kappa shape index (κ2) is 7.97. The molecule has 7 heteroatoms. The Morgan fingerprint density at radius 3 is 2.42 bits per heavy atom. The molecular weight excluding hydrogens is 348 g/mol. The Bertz CT molecular complexity index is 917. The second-order valence-electron chi connectivity index (χ2n) is 5.79. The Morgan fingerprint density at radius 2 is 1.77 bits per heavy atom. The zero-order chi connectivity index (χ0) is 18.5. The number of hydrogen-bond acceptors (Lipinski definition) is 5. The quantitative estimate of drug-likeness (QED) is 0.534. The number of amides is 1. The van der Waals surface area contributed by atoms with Crippen molar-refractivity contribution in [2.45, 2.75) is 19.0 Å². The molecule has 0 saturated heterocycles. The number of aryl methyl sites for hydroxylation is 1. The normalized spacial score (nSPS) is 10.5. The van der Waals surface area contributed by atoms with Crippen LogP contribution in [-0.2, 0) is 4.79 Å². The third-order valence-corrected chi connectivity index (χ3v) is 4.68. The van der Waals surface area contributed by atoms with Gasteiger partial charge in [0.1, 0.15) is 6.33 Å². The fraction of sp³-hybridized carbons (Fsp3) is 0.158. The summed E-state index contributed by atoms with van der Waals surface area (Å²) in [6, 6.07) is 14.8. The standard InChI is InChI=1S/C19H18N4O2S/c1-13-3-9-17(10-4-13)23-12-20-22-19(23)26-11-18(25)21-16-7-5-15(6-8-16)14(2)24/h3-10,12H,11H2,1-2H3,(H,21,25). The van der Waals surface area contributed by atoms with Crippen LogP contribution in [0.15, 0.2) is 60.0 Å². The van der Waals surface area contributed by atoms with Gasteiger partial charge in [-0.25, -0.2) is 0 Å². The van der Waals surface area contributed by atoms with Gasteiger partial charge in [0.05, 0.1) is 5.75 Å². The van der Waals surface area contributed by atoms with Crippen molar-refractivity contribution in [1.29, 1.82) is 0 Å². The fourth-order valence-electron chi connectivity index (χ4n) is 2.32. The van der Waals surface area contributed by atoms with Gasteiger partial charge >= 0.3 is 0 Å². The molecule has 0 atom stereocenters. The van der Waals surface area contributed by atoms with Crippen molar-refractivity contribution >= 4 is 29.1 Å². The van der Waals surface area contributed by atoms with Crippen molar-refractivity contribution in [2.75, 3.05) is 11.1 Å². The van der Waals surface area contributed by atoms with Crippen LogP contribution in [0.1, 0.15) is 22.8 Å². The number of rotatable bonds is 6. The first-order valence-electron chi connectivity index (χ1n) is 8.03. The number of anilines is 1. The highest BCUT2D eigenvalue weighted by Crippen LogP contribution is 2.20. The molecule has 0 aliphatic carbocycles. The Kier molecular flexibility index (Phi) is 5.48. The monoisotopic (exact) mass is 366 g/mol. The van der Waals surface area contributed by atoms with Crippen LogP contribution in [0.25, 0.3) is 5.69 Å². The first-order valence-corrected chi connectivity index (χ1v) is 9.02. The van der Waals surface area contributed by atoms with Crippen molar-refractivity contribution < 1.29 is 9.59 Å². The summed E-state index contributed by atoms with van der Waals surface area (Å²) < 4.78 is 1.85. The van der Waals surface area contributed by atoms with E-state index in [-0.39, 0.29) is 17.4 Å². The maximum Gasteiger partial charge on any atom is 0.234 e. The molecule has 3 aromatic rings. The molecule has 26 heavy (non-hydrogen) atoms. The maximum absolute atomic E-state index is 12.2. The third kappa shape index (κ3) is 4.37. The minimum absolute atomic E-state index is 0.00567. The smallest absolute Gasteiger partial charge is 0.234 e. The topological polar surface area (TPSA) is 76.9 Å². The zero-order valence-electron chi connectivity index (χ0n) is 14.5. The summed E-state index contributed by atoms with van der Waals surface area (Å²) in [7, 11) is 0. The lowest BCUT2D eigenvalue weighted by Crippen LogP contribution is -2.14. The van der Waals surface area contributed by atoms with E-state index >= 15 is 0 Å². The lowest BCUT2D eigenvalue weighted by Gasteiger charge is -2.07. The summed E-state index contributed by atoms with van der Waals surface area (Å²) in [6.45, 7) is 3.54. The molecule has 0 fully saturated rings. The molecule has 0 radical (unpaired) electrons. The molecule has 0 saturated carbocycles. The van der Waals surface area contributed by atoms with Crippen LogP contribution in [0.2, 0.25) is 0 Å². The summed E-state index contributed by atoms with van der Waals surface area (Å²) in [4.78, 5) is 23.4. The van der Waals surface area contributed by atoms with Gasteiger partial charge in [-0.3, -0.25) is 14.2 Å². The third-order valence-electron chi connectivity index (χ3n) is 3.74. The zero-order valence-corrected chi connectivity index (χ0v) is 15.3. The molecule has 0 spiro atoms. The molecule has 1 amide bonds. The minimum atomic E-state index is -0.149. The number of thioether (sulfide) groups is 1. The van der Waals surface area contributed by atoms with E-state index in [0.717, 1.165) is 5.69 Å². The molecule has 1 N–H and O–H groups in total. The van der Waals surface area contributed by atoms with Gasteiger partial charge in [-0.2, -0.15) is 0 Å². The van der Waals surface area contributed by atoms with E-state index in [1.807, 2.05) is 35.8 Å². The van der Waals surface area contributed by atoms with Gasteiger partial charge < -0.3 is 5.32 Å². The van der Waals surface area contributed by atoms with Crippen LogP contribution in [0.4, 0.5) is 5.69 Å². The number of nitrogens with zero attached hydrogens (tertiary/aromatic N) is 3. The predicted octanol–water partition coefficient (Wildman–Crippen LogP) is 3.51. The molecule has 0 aliphatic rings. The van der Waals surface area contributed by atoms with Crippen molar-refractivity contribution in [3.8, 4) is 5.69 Å². The van der Waals surface area contributed by atoms with Crippen molar-refractivity contribution in [1.82, 2.24) is 14.8 Å². The van der Waals surface area contributed by atoms with Gasteiger partial charge in [-0.15, -0.1) is 10.2 Å². The highest BCUT2D eigenvalue weighted by Gasteiger charge is 2.10. The minimum Gasteiger partial charge on any atom is -0.325 e. The fourth-order valence-corrected chi connectivity index (χ4v) is 3.05. The first kappa shape index (κ1) is 17.9. The van der Waals surface area contributed by atoms with Gasteiger partial charge in [0, 0.05) is 16.9 Å². The number of aromatic nitrogens is 3. The summed E-state index contributed by atoms with van der Waals surface area (Å²) >= 11 is 1.31. The van der Waals surface area contributed by atoms with E-state index < -0.39 is 0 Å². The Hall–Kier alpha value is -2.93. The van der Waals surface area contributed by atoms with E-state index in [1.165, 1.54) is 24.2 Å². The van der Waals surface area contributed by atoms with Crippen molar-refractivity contribution in [2.24, 2.45) is 0 Å². The van der Waals surface area contributed by atoms with Gasteiger partial charge in [0.15, 0.2) is 10.9 Å². The Balaban J connectivity index is 1.61. The molecule has 0 unspecified atom stereocenters. The lowest BCUT2D eigenvalue weighted by atomic mass is 10.1. The summed E-state index contributed by atoms with van der Waals surface area (Å²) in [5, 5.41) is 11.5. The number of benzene rings is 2. The lowest BCUT2D eigenvalue weighted by molar-refractivity contribution is -0.113. The van der Waals surface area contributed by atoms with E-state index in [9.17, 15) is 9.59 Å². The Labute approximate surface area is 155 Å². The van der Waals surface area contributed by atoms with Gasteiger partial charge in [-0.05, 0) is 50.2 Å². The Morgan fingerprint density at radius 1 is 1.08 bits per heavy atom. The number of carbonyl (C=O) groups is 2. The molecule has 132 valence electrons. The number of hydrogen-bond donors (Lipinski definition) is 1. The van der Waals surface area contributed by atoms with Gasteiger partial charge in [0.2, 0.25) is 5.91 Å². The van der Waals surface area contributed by atoms with Crippen LogP contribution < -0.4 is 5.32 Å². The van der Waals surface area contributed by atoms with Crippen molar-refractivity contribution in [3.05, 3.63) is 66.0 Å². The molecule has 1 heterocycles. The predicted molar refractivity (Wildman–Crippen MR) is 102 cm³/mol. The van der Waals surface area contributed by atoms with Crippen molar-refractivity contribution in [3.63, 3.8) is 0 Å². The average Bonchev–Trinajstić information content (AvgIpc) is 3.09. The molecule has 1 aromatic heterocycles. The SMILES string of the molecule is CC(=O)c1ccc(NC(=O)CSc2nncn2-c2ccc(C)cc2)cc1. The second-order valence-corrected chi connectivity index (χ2v) is 6.73. The molecule has 3 rings (SSSR count). The highest BCUT2D eigenvalue weighted by atomic mass is 32.2. The van der Waals surface area contributed by atoms with Gasteiger partial charge in [-0.1, -0.05) is 29.5 Å². The van der Waals surface area contributed by atoms with E-state index in [1.54, 1.807) is 30.6 Å². The number of nitrogens with one attached hydrogen (secondary N) is 1. The molecular formula is C19H18N4O2S. The van der Waals surface area contributed by atoms with Crippen LogP contribution >= 0.6 is 11.8 Å². The number of Topliss-reactive ketones (excluding diaryl/α,β-unsaturated/α-hetero) is 1. The average molecular weight is 366 g/mol. The molecule has 2 aromatic carbocycles. The maximum atomic E-state index is 12.2. The van der Waals surface area contributed by atoms with E-state index in [0.29, 0.717) is 16.4 Å². The van der Waals surface area contributed by atoms with Crippen LogP contribution in [0.5, 0.6) is 0 Å². The summed E-state index contributed by atoms with van der Waals surface area (Å²) in [5.74, 6) is 0.0526.